The number of likely N-dealkylation sites (tertiary alicyclic amines) is 1. The van der Waals surface area contributed by atoms with Crippen molar-refractivity contribution in [1.29, 1.82) is 0 Å². The lowest BCUT2D eigenvalue weighted by atomic mass is 9.90. The summed E-state index contributed by atoms with van der Waals surface area (Å²) in [5.74, 6) is -0.245. The van der Waals surface area contributed by atoms with E-state index in [-0.39, 0.29) is 17.4 Å². The van der Waals surface area contributed by atoms with Crippen LogP contribution in [-0.2, 0) is 6.42 Å². The predicted molar refractivity (Wildman–Crippen MR) is 85.5 cm³/mol. The van der Waals surface area contributed by atoms with Gasteiger partial charge >= 0.3 is 6.03 Å². The van der Waals surface area contributed by atoms with E-state index in [9.17, 15) is 9.18 Å². The first kappa shape index (κ1) is 15.4. The molecule has 2 heterocycles. The molecule has 1 N–H and O–H groups in total. The van der Waals surface area contributed by atoms with Crippen molar-refractivity contribution in [2.45, 2.75) is 31.7 Å². The topological polar surface area (TPSA) is 58.1 Å². The van der Waals surface area contributed by atoms with E-state index in [1.54, 1.807) is 18.2 Å². The van der Waals surface area contributed by atoms with Crippen molar-refractivity contribution < 1.29 is 9.18 Å². The summed E-state index contributed by atoms with van der Waals surface area (Å²) in [6.45, 7) is 2.79. The van der Waals surface area contributed by atoms with Gasteiger partial charge < -0.3 is 10.2 Å². The van der Waals surface area contributed by atoms with Crippen molar-refractivity contribution in [1.82, 2.24) is 15.1 Å². The lowest BCUT2D eigenvalue weighted by molar-refractivity contribution is 0.168. The van der Waals surface area contributed by atoms with Gasteiger partial charge in [0.2, 0.25) is 0 Å². The number of rotatable bonds is 3. The summed E-state index contributed by atoms with van der Waals surface area (Å²) in [7, 11) is 0. The van der Waals surface area contributed by atoms with Crippen LogP contribution in [0.4, 0.5) is 14.9 Å². The van der Waals surface area contributed by atoms with Crippen LogP contribution in [0.1, 0.15) is 25.3 Å². The molecule has 0 aliphatic carbocycles. The molecule has 1 fully saturated rings. The Labute approximate surface area is 134 Å². The van der Waals surface area contributed by atoms with E-state index in [2.05, 4.69) is 22.4 Å². The molecule has 1 aliphatic heterocycles. The molecule has 3 rings (SSSR count). The number of carbonyl (C=O) groups excluding carboxylic acids is 1. The number of anilines is 1. The van der Waals surface area contributed by atoms with Crippen molar-refractivity contribution >= 4 is 11.7 Å². The Morgan fingerprint density at radius 2 is 2.09 bits per heavy atom. The number of carbonyl (C=O) groups is 1. The van der Waals surface area contributed by atoms with Crippen molar-refractivity contribution in [3.8, 4) is 0 Å². The zero-order valence-electron chi connectivity index (χ0n) is 13.0. The summed E-state index contributed by atoms with van der Waals surface area (Å²) in [4.78, 5) is 14.4. The van der Waals surface area contributed by atoms with Crippen LogP contribution < -0.4 is 5.32 Å². The van der Waals surface area contributed by atoms with E-state index in [0.717, 1.165) is 18.4 Å². The van der Waals surface area contributed by atoms with E-state index in [4.69, 9.17) is 0 Å². The Morgan fingerprint density at radius 3 is 2.78 bits per heavy atom. The lowest BCUT2D eigenvalue weighted by Crippen LogP contribution is -2.48. The second-order valence-corrected chi connectivity index (χ2v) is 6.12. The summed E-state index contributed by atoms with van der Waals surface area (Å²) >= 11 is 0. The fourth-order valence-electron chi connectivity index (χ4n) is 3.15. The van der Waals surface area contributed by atoms with Gasteiger partial charge in [0.05, 0.1) is 18.1 Å². The minimum Gasteiger partial charge on any atom is -0.319 e. The van der Waals surface area contributed by atoms with Gasteiger partial charge in [-0.15, -0.1) is 0 Å². The van der Waals surface area contributed by atoms with Crippen LogP contribution in [0.3, 0.4) is 0 Å². The first-order valence-electron chi connectivity index (χ1n) is 7.67. The zero-order chi connectivity index (χ0) is 16.3. The van der Waals surface area contributed by atoms with Gasteiger partial charge in [-0.2, -0.15) is 10.2 Å². The molecule has 0 spiro atoms. The Hall–Kier alpha value is -2.50. The number of nitrogens with one attached hydrogen (secondary N) is 1. The number of aromatic nitrogens is 2. The molecular weight excluding hydrogens is 295 g/mol. The van der Waals surface area contributed by atoms with E-state index < -0.39 is 0 Å². The highest BCUT2D eigenvalue weighted by molar-refractivity contribution is 5.89. The fraction of sp³-hybridized carbons (Fsp3) is 0.353. The molecule has 120 valence electrons. The standard InChI is InChI=1S/C17H19FN4O/c1-17(11-13-3-5-14(18)6-4-13)8-2-10-22(17)16(23)21-15-7-9-19-20-12-15/h3-7,9,12H,2,8,10-11H2,1H3,(H,19,21,23)/t17-/m1/s1. The van der Waals surface area contributed by atoms with Gasteiger partial charge in [-0.25, -0.2) is 9.18 Å². The largest absolute Gasteiger partial charge is 0.322 e. The van der Waals surface area contributed by atoms with Gasteiger partial charge in [-0.05, 0) is 49.9 Å². The van der Waals surface area contributed by atoms with Gasteiger partial charge in [0.15, 0.2) is 0 Å². The third kappa shape index (κ3) is 3.47. The van der Waals surface area contributed by atoms with Crippen LogP contribution in [0.2, 0.25) is 0 Å². The van der Waals surface area contributed by atoms with Crippen molar-refractivity contribution in [2.24, 2.45) is 0 Å². The first-order valence-corrected chi connectivity index (χ1v) is 7.67. The smallest absolute Gasteiger partial charge is 0.319 e. The predicted octanol–water partition coefficient (Wildman–Crippen LogP) is 3.24. The molecule has 5 nitrogen and oxygen atoms in total. The first-order chi connectivity index (χ1) is 11.1. The maximum atomic E-state index is 13.1. The third-order valence-corrected chi connectivity index (χ3v) is 4.33. The molecule has 1 aromatic heterocycles. The highest BCUT2D eigenvalue weighted by Gasteiger charge is 2.39. The summed E-state index contributed by atoms with van der Waals surface area (Å²) in [6.07, 6.45) is 5.64. The summed E-state index contributed by atoms with van der Waals surface area (Å²) in [5, 5.41) is 10.3. The Balaban J connectivity index is 1.73. The molecule has 6 heteroatoms. The number of hydrogen-bond donors (Lipinski definition) is 1. The van der Waals surface area contributed by atoms with Gasteiger partial charge in [0, 0.05) is 12.1 Å². The Kier molecular flexibility index (Phi) is 4.23. The molecule has 2 amide bonds. The molecule has 1 aromatic carbocycles. The van der Waals surface area contributed by atoms with Gasteiger partial charge in [0.1, 0.15) is 5.82 Å². The molecule has 0 saturated carbocycles. The third-order valence-electron chi connectivity index (χ3n) is 4.33. The Bertz CT molecular complexity index is 677. The second-order valence-electron chi connectivity index (χ2n) is 6.12. The summed E-state index contributed by atoms with van der Waals surface area (Å²) < 4.78 is 13.1. The quantitative estimate of drug-likeness (QED) is 0.946. The SMILES string of the molecule is C[C@]1(Cc2ccc(F)cc2)CCCN1C(=O)Nc1ccnnc1. The molecule has 23 heavy (non-hydrogen) atoms. The number of urea groups is 1. The molecule has 1 aliphatic rings. The number of halogens is 1. The number of nitrogens with zero attached hydrogens (tertiary/aromatic N) is 3. The van der Waals surface area contributed by atoms with Gasteiger partial charge in [0.25, 0.3) is 0 Å². The van der Waals surface area contributed by atoms with Crippen molar-refractivity contribution in [2.75, 3.05) is 11.9 Å². The Morgan fingerprint density at radius 1 is 1.30 bits per heavy atom. The summed E-state index contributed by atoms with van der Waals surface area (Å²) in [5.41, 5.74) is 1.38. The van der Waals surface area contributed by atoms with Crippen LogP contribution in [0.25, 0.3) is 0 Å². The average Bonchev–Trinajstić information content (AvgIpc) is 2.92. The zero-order valence-corrected chi connectivity index (χ0v) is 13.0. The number of hydrogen-bond acceptors (Lipinski definition) is 3. The minimum absolute atomic E-state index is 0.139. The van der Waals surface area contributed by atoms with Crippen LogP contribution in [-0.4, -0.2) is 33.2 Å². The molecule has 2 aromatic rings. The van der Waals surface area contributed by atoms with E-state index in [1.807, 2.05) is 4.90 Å². The average molecular weight is 314 g/mol. The van der Waals surface area contributed by atoms with Gasteiger partial charge in [-0.3, -0.25) is 0 Å². The van der Waals surface area contributed by atoms with Gasteiger partial charge in [-0.1, -0.05) is 12.1 Å². The molecular formula is C17H19FN4O. The van der Waals surface area contributed by atoms with E-state index in [1.165, 1.54) is 24.5 Å². The lowest BCUT2D eigenvalue weighted by Gasteiger charge is -2.35. The van der Waals surface area contributed by atoms with Crippen LogP contribution in [0.5, 0.6) is 0 Å². The van der Waals surface area contributed by atoms with E-state index >= 15 is 0 Å². The number of benzene rings is 1. The monoisotopic (exact) mass is 314 g/mol. The van der Waals surface area contributed by atoms with Crippen LogP contribution >= 0.6 is 0 Å². The van der Waals surface area contributed by atoms with E-state index in [0.29, 0.717) is 18.7 Å². The highest BCUT2D eigenvalue weighted by Crippen LogP contribution is 2.33. The number of amides is 2. The molecule has 0 unspecified atom stereocenters. The molecule has 1 atom stereocenters. The molecule has 1 saturated heterocycles. The maximum absolute atomic E-state index is 13.1. The normalized spacial score (nSPS) is 20.5. The highest BCUT2D eigenvalue weighted by atomic mass is 19.1. The fourth-order valence-corrected chi connectivity index (χ4v) is 3.15. The summed E-state index contributed by atoms with van der Waals surface area (Å²) in [6, 6.07) is 8.04. The van der Waals surface area contributed by atoms with Crippen molar-refractivity contribution in [3.05, 3.63) is 54.1 Å². The van der Waals surface area contributed by atoms with Crippen LogP contribution in [0, 0.1) is 5.82 Å². The maximum Gasteiger partial charge on any atom is 0.322 e. The van der Waals surface area contributed by atoms with Crippen molar-refractivity contribution in [3.63, 3.8) is 0 Å². The molecule has 0 radical (unpaired) electrons. The molecule has 0 bridgehead atoms. The minimum atomic E-state index is -0.275. The van der Waals surface area contributed by atoms with Crippen LogP contribution in [0.15, 0.2) is 42.7 Å². The second kappa shape index (κ2) is 6.32.